The summed E-state index contributed by atoms with van der Waals surface area (Å²) in [6.45, 7) is 0. The summed E-state index contributed by atoms with van der Waals surface area (Å²) in [6, 6.07) is 5.00. The molecule has 1 unspecified atom stereocenters. The van der Waals surface area contributed by atoms with Crippen molar-refractivity contribution in [3.8, 4) is 0 Å². The van der Waals surface area contributed by atoms with Crippen LogP contribution in [0.4, 0.5) is 5.69 Å². The Hall–Kier alpha value is -1.03. The summed E-state index contributed by atoms with van der Waals surface area (Å²) in [5, 5.41) is 10.5. The van der Waals surface area contributed by atoms with Crippen LogP contribution >= 0.6 is 22.6 Å². The topological polar surface area (TPSA) is 94.3 Å². The van der Waals surface area contributed by atoms with Crippen LogP contribution in [0.3, 0.4) is 0 Å². The van der Waals surface area contributed by atoms with Crippen LogP contribution in [0.25, 0.3) is 0 Å². The van der Waals surface area contributed by atoms with Crippen LogP contribution in [0.2, 0.25) is 0 Å². The monoisotopic (exact) mass is 369 g/mol. The first-order valence-electron chi connectivity index (χ1n) is 4.35. The molecule has 0 saturated carbocycles. The van der Waals surface area contributed by atoms with E-state index in [1.807, 2.05) is 0 Å². The van der Waals surface area contributed by atoms with E-state index in [-0.39, 0.29) is 11.3 Å². The number of nitrogens with zero attached hydrogens (tertiary/aromatic N) is 1. The molecule has 1 aromatic carbocycles. The summed E-state index contributed by atoms with van der Waals surface area (Å²) in [7, 11) is -3.52. The second-order valence-electron chi connectivity index (χ2n) is 3.32. The normalized spacial score (nSPS) is 13.1. The summed E-state index contributed by atoms with van der Waals surface area (Å²) >= 11 is 1.50. The highest BCUT2D eigenvalue weighted by molar-refractivity contribution is 14.1. The molecule has 1 rings (SSSR count). The molecule has 0 amide bonds. The van der Waals surface area contributed by atoms with E-state index < -0.39 is 23.8 Å². The van der Waals surface area contributed by atoms with Crippen molar-refractivity contribution in [2.75, 3.05) is 6.26 Å². The van der Waals surface area contributed by atoms with Gasteiger partial charge in [-0.3, -0.25) is 14.9 Å². The van der Waals surface area contributed by atoms with Crippen molar-refractivity contribution in [2.24, 2.45) is 0 Å². The number of alkyl halides is 1. The van der Waals surface area contributed by atoms with E-state index in [1.165, 1.54) is 40.8 Å². The Morgan fingerprint density at radius 3 is 2.53 bits per heavy atom. The minimum absolute atomic E-state index is 0.0176. The number of ketones is 1. The number of sulfone groups is 1. The Bertz CT molecular complexity index is 569. The van der Waals surface area contributed by atoms with Crippen molar-refractivity contribution in [1.82, 2.24) is 0 Å². The molecular weight excluding hydrogens is 361 g/mol. The predicted molar refractivity (Wildman–Crippen MR) is 70.1 cm³/mol. The SMILES string of the molecule is CS(=O)(=O)C(I)C(=O)c1cccc([N+](=O)[O-])c1. The third-order valence-corrected chi connectivity index (χ3v) is 6.23. The van der Waals surface area contributed by atoms with E-state index in [0.29, 0.717) is 0 Å². The van der Waals surface area contributed by atoms with Crippen LogP contribution < -0.4 is 0 Å². The predicted octanol–water partition coefficient (Wildman–Crippen LogP) is 1.58. The lowest BCUT2D eigenvalue weighted by Gasteiger charge is -2.06. The smallest absolute Gasteiger partial charge is 0.270 e. The maximum Gasteiger partial charge on any atom is 0.270 e. The number of carbonyl (C=O) groups is 1. The van der Waals surface area contributed by atoms with Gasteiger partial charge in [-0.2, -0.15) is 0 Å². The van der Waals surface area contributed by atoms with E-state index in [1.54, 1.807) is 0 Å². The molecular formula is C9H8INO5S. The van der Waals surface area contributed by atoms with Gasteiger partial charge in [-0.05, 0) is 0 Å². The molecule has 0 fully saturated rings. The standard InChI is InChI=1S/C9H8INO5S/c1-17(15,16)9(10)8(12)6-3-2-4-7(5-6)11(13)14/h2-5,9H,1H3. The summed E-state index contributed by atoms with van der Waals surface area (Å²) in [4.78, 5) is 21.6. The molecule has 0 aliphatic heterocycles. The number of halogens is 1. The van der Waals surface area contributed by atoms with Gasteiger partial charge in [0.15, 0.2) is 18.9 Å². The zero-order valence-corrected chi connectivity index (χ0v) is 11.6. The average Bonchev–Trinajstić information content (AvgIpc) is 2.26. The van der Waals surface area contributed by atoms with Gasteiger partial charge in [0.2, 0.25) is 0 Å². The van der Waals surface area contributed by atoms with Gasteiger partial charge < -0.3 is 0 Å². The van der Waals surface area contributed by atoms with Crippen LogP contribution in [0.5, 0.6) is 0 Å². The van der Waals surface area contributed by atoms with Crippen LogP contribution in [-0.4, -0.2) is 28.6 Å². The van der Waals surface area contributed by atoms with Crippen molar-refractivity contribution in [1.29, 1.82) is 0 Å². The van der Waals surface area contributed by atoms with E-state index in [0.717, 1.165) is 12.3 Å². The van der Waals surface area contributed by atoms with E-state index in [2.05, 4.69) is 0 Å². The molecule has 1 aromatic rings. The number of non-ortho nitro benzene ring substituents is 1. The molecule has 0 aliphatic carbocycles. The number of benzene rings is 1. The molecule has 0 spiro atoms. The Kier molecular flexibility index (Phi) is 4.20. The van der Waals surface area contributed by atoms with Gasteiger partial charge in [-0.15, -0.1) is 0 Å². The van der Waals surface area contributed by atoms with Gasteiger partial charge in [-0.1, -0.05) is 34.7 Å². The summed E-state index contributed by atoms with van der Waals surface area (Å²) in [6.07, 6.45) is 0.944. The number of nitro groups is 1. The minimum Gasteiger partial charge on any atom is -0.292 e. The van der Waals surface area contributed by atoms with Crippen molar-refractivity contribution in [2.45, 2.75) is 3.26 Å². The zero-order chi connectivity index (χ0) is 13.2. The first kappa shape index (κ1) is 14.0. The van der Waals surface area contributed by atoms with Crippen LogP contribution in [0.15, 0.2) is 24.3 Å². The molecule has 0 bridgehead atoms. The van der Waals surface area contributed by atoms with Gasteiger partial charge in [0.05, 0.1) is 4.92 Å². The van der Waals surface area contributed by atoms with Crippen molar-refractivity contribution >= 4 is 43.9 Å². The highest BCUT2D eigenvalue weighted by Gasteiger charge is 2.27. The lowest BCUT2D eigenvalue weighted by Crippen LogP contribution is -2.23. The zero-order valence-electron chi connectivity index (χ0n) is 8.66. The fourth-order valence-corrected chi connectivity index (χ4v) is 1.98. The lowest BCUT2D eigenvalue weighted by atomic mass is 10.1. The molecule has 0 aliphatic rings. The molecule has 0 heterocycles. The number of carbonyl (C=O) groups excluding carboxylic acids is 1. The number of Topliss-reactive ketones (excluding diaryl/α,β-unsaturated/α-hetero) is 1. The first-order valence-corrected chi connectivity index (χ1v) is 7.55. The van der Waals surface area contributed by atoms with Gasteiger partial charge >= 0.3 is 0 Å². The fraction of sp³-hybridized carbons (Fsp3) is 0.222. The molecule has 17 heavy (non-hydrogen) atoms. The molecule has 92 valence electrons. The van der Waals surface area contributed by atoms with Crippen molar-refractivity contribution in [3.63, 3.8) is 0 Å². The van der Waals surface area contributed by atoms with Crippen molar-refractivity contribution < 1.29 is 18.1 Å². The molecule has 0 radical (unpaired) electrons. The van der Waals surface area contributed by atoms with Gasteiger partial charge in [0.25, 0.3) is 5.69 Å². The maximum atomic E-state index is 11.8. The Morgan fingerprint density at radius 2 is 2.06 bits per heavy atom. The van der Waals surface area contributed by atoms with Gasteiger partial charge in [0.1, 0.15) is 0 Å². The average molecular weight is 369 g/mol. The third-order valence-electron chi connectivity index (χ3n) is 1.92. The lowest BCUT2D eigenvalue weighted by molar-refractivity contribution is -0.384. The van der Waals surface area contributed by atoms with Crippen LogP contribution in [0, 0.1) is 10.1 Å². The number of hydrogen-bond donors (Lipinski definition) is 0. The van der Waals surface area contributed by atoms with Gasteiger partial charge in [-0.25, -0.2) is 8.42 Å². The summed E-state index contributed by atoms with van der Waals surface area (Å²) in [5.41, 5.74) is -0.225. The highest BCUT2D eigenvalue weighted by atomic mass is 127. The van der Waals surface area contributed by atoms with Gasteiger partial charge in [0, 0.05) is 24.0 Å². The number of nitro benzene ring substituents is 1. The summed E-state index contributed by atoms with van der Waals surface area (Å²) in [5.74, 6) is -0.656. The minimum atomic E-state index is -3.52. The third kappa shape index (κ3) is 3.46. The number of hydrogen-bond acceptors (Lipinski definition) is 5. The maximum absolute atomic E-state index is 11.8. The Balaban J connectivity index is 3.14. The van der Waals surface area contributed by atoms with Crippen molar-refractivity contribution in [3.05, 3.63) is 39.9 Å². The van der Waals surface area contributed by atoms with E-state index >= 15 is 0 Å². The fourth-order valence-electron chi connectivity index (χ4n) is 1.10. The van der Waals surface area contributed by atoms with Crippen LogP contribution in [0.1, 0.15) is 10.4 Å². The molecule has 0 N–H and O–H groups in total. The second kappa shape index (κ2) is 5.08. The first-order chi connectivity index (χ1) is 7.73. The largest absolute Gasteiger partial charge is 0.292 e. The molecule has 1 atom stereocenters. The second-order valence-corrected chi connectivity index (χ2v) is 7.54. The Labute approximate surface area is 111 Å². The Morgan fingerprint density at radius 1 is 1.47 bits per heavy atom. The van der Waals surface area contributed by atoms with E-state index in [4.69, 9.17) is 0 Å². The quantitative estimate of drug-likeness (QED) is 0.264. The van der Waals surface area contributed by atoms with E-state index in [9.17, 15) is 23.3 Å². The number of rotatable bonds is 4. The highest BCUT2D eigenvalue weighted by Crippen LogP contribution is 2.19. The molecule has 8 heteroatoms. The molecule has 0 saturated heterocycles. The molecule has 0 aromatic heterocycles. The molecule has 6 nitrogen and oxygen atoms in total. The summed E-state index contributed by atoms with van der Waals surface area (Å²) < 4.78 is 21.2. The van der Waals surface area contributed by atoms with Crippen LogP contribution in [-0.2, 0) is 9.84 Å².